The summed E-state index contributed by atoms with van der Waals surface area (Å²) in [5.74, 6) is -0.995. The lowest BCUT2D eigenvalue weighted by Crippen LogP contribution is -2.13. The van der Waals surface area contributed by atoms with Crippen LogP contribution in [0.5, 0.6) is 0 Å². The van der Waals surface area contributed by atoms with E-state index in [2.05, 4.69) is 21.2 Å². The highest BCUT2D eigenvalue weighted by atomic mass is 79.9. The van der Waals surface area contributed by atoms with Gasteiger partial charge in [0.05, 0.1) is 20.2 Å². The van der Waals surface area contributed by atoms with Crippen molar-refractivity contribution in [3.05, 3.63) is 61.8 Å². The Balaban J connectivity index is 2.32. The van der Waals surface area contributed by atoms with Crippen LogP contribution in [0, 0.1) is 12.7 Å². The van der Waals surface area contributed by atoms with Crippen molar-refractivity contribution < 1.29 is 9.18 Å². The molecule has 2 nitrogen and oxygen atoms in total. The van der Waals surface area contributed by atoms with Crippen LogP contribution in [0.3, 0.4) is 0 Å². The van der Waals surface area contributed by atoms with Crippen LogP contribution in [0.4, 0.5) is 10.1 Å². The molecular formula is C14H9BrCl2FNO. The smallest absolute Gasteiger partial charge is 0.255 e. The summed E-state index contributed by atoms with van der Waals surface area (Å²) < 4.78 is 13.7. The number of benzene rings is 2. The van der Waals surface area contributed by atoms with E-state index in [1.807, 2.05) is 0 Å². The first-order valence-corrected chi connectivity index (χ1v) is 7.16. The zero-order valence-corrected chi connectivity index (χ0v) is 13.4. The molecule has 0 aliphatic carbocycles. The number of carbonyl (C=O) groups is 1. The number of anilines is 1. The third-order valence-corrected chi connectivity index (χ3v) is 4.15. The molecule has 1 amide bonds. The van der Waals surface area contributed by atoms with Crippen LogP contribution in [0.1, 0.15) is 15.9 Å². The number of rotatable bonds is 2. The fourth-order valence-electron chi connectivity index (χ4n) is 1.59. The molecule has 0 unspecified atom stereocenters. The maximum atomic E-state index is 13.4. The molecule has 0 atom stereocenters. The van der Waals surface area contributed by atoms with Crippen LogP contribution < -0.4 is 5.32 Å². The predicted octanol–water partition coefficient (Wildman–Crippen LogP) is 5.46. The fourth-order valence-corrected chi connectivity index (χ4v) is 2.31. The molecule has 2 aromatic carbocycles. The first kappa shape index (κ1) is 15.3. The standard InChI is InChI=1S/C14H9BrCl2FNO/c1-7-2-5-10(16)13(12(7)17)19-14(20)8-3-4-9(15)11(18)6-8/h2-6H,1H3,(H,19,20). The van der Waals surface area contributed by atoms with Crippen molar-refractivity contribution in [2.75, 3.05) is 5.32 Å². The highest BCUT2D eigenvalue weighted by Crippen LogP contribution is 2.33. The normalized spacial score (nSPS) is 10.4. The van der Waals surface area contributed by atoms with Gasteiger partial charge in [-0.2, -0.15) is 0 Å². The van der Waals surface area contributed by atoms with Crippen LogP contribution in [-0.2, 0) is 0 Å². The second-order valence-corrected chi connectivity index (χ2v) is 5.78. The summed E-state index contributed by atoms with van der Waals surface area (Å²) in [5, 5.41) is 3.29. The molecule has 0 aliphatic rings. The van der Waals surface area contributed by atoms with Crippen molar-refractivity contribution in [3.8, 4) is 0 Å². The van der Waals surface area contributed by atoms with E-state index in [0.29, 0.717) is 20.2 Å². The average Bonchev–Trinajstić information content (AvgIpc) is 2.42. The van der Waals surface area contributed by atoms with Gasteiger partial charge in [0.15, 0.2) is 0 Å². The highest BCUT2D eigenvalue weighted by molar-refractivity contribution is 9.10. The first-order chi connectivity index (χ1) is 9.40. The van der Waals surface area contributed by atoms with Crippen molar-refractivity contribution in [1.29, 1.82) is 0 Å². The first-order valence-electron chi connectivity index (χ1n) is 5.61. The highest BCUT2D eigenvalue weighted by Gasteiger charge is 2.14. The zero-order valence-electron chi connectivity index (χ0n) is 10.3. The minimum absolute atomic E-state index is 0.180. The Morgan fingerprint density at radius 2 is 1.95 bits per heavy atom. The summed E-state index contributed by atoms with van der Waals surface area (Å²) in [6.07, 6.45) is 0. The molecule has 6 heteroatoms. The van der Waals surface area contributed by atoms with Gasteiger partial charge in [-0.15, -0.1) is 0 Å². The minimum atomic E-state index is -0.515. The Labute approximate surface area is 134 Å². The van der Waals surface area contributed by atoms with Crippen LogP contribution in [0.25, 0.3) is 0 Å². The lowest BCUT2D eigenvalue weighted by molar-refractivity contribution is 0.102. The molecule has 0 aromatic heterocycles. The second kappa shape index (κ2) is 6.12. The molecule has 0 aliphatic heterocycles. The number of aryl methyl sites for hydroxylation is 1. The summed E-state index contributed by atoms with van der Waals surface area (Å²) in [6.45, 7) is 1.80. The van der Waals surface area contributed by atoms with E-state index in [4.69, 9.17) is 23.2 Å². The van der Waals surface area contributed by atoms with Crippen molar-refractivity contribution in [3.63, 3.8) is 0 Å². The topological polar surface area (TPSA) is 29.1 Å². The van der Waals surface area contributed by atoms with Gasteiger partial charge >= 0.3 is 0 Å². The number of halogens is 4. The Morgan fingerprint density at radius 1 is 1.25 bits per heavy atom. The molecule has 0 fully saturated rings. The Hall–Kier alpha value is -1.10. The van der Waals surface area contributed by atoms with E-state index in [-0.39, 0.29) is 5.56 Å². The van der Waals surface area contributed by atoms with Gasteiger partial charge < -0.3 is 5.32 Å². The summed E-state index contributed by atoms with van der Waals surface area (Å²) >= 11 is 15.1. The summed E-state index contributed by atoms with van der Waals surface area (Å²) in [7, 11) is 0. The fraction of sp³-hybridized carbons (Fsp3) is 0.0714. The van der Waals surface area contributed by atoms with E-state index >= 15 is 0 Å². The van der Waals surface area contributed by atoms with E-state index in [1.165, 1.54) is 12.1 Å². The SMILES string of the molecule is Cc1ccc(Cl)c(NC(=O)c2ccc(Br)c(F)c2)c1Cl. The van der Waals surface area contributed by atoms with Crippen molar-refractivity contribution in [1.82, 2.24) is 0 Å². The van der Waals surface area contributed by atoms with Crippen LogP contribution in [-0.4, -0.2) is 5.91 Å². The lowest BCUT2D eigenvalue weighted by Gasteiger charge is -2.11. The average molecular weight is 377 g/mol. The van der Waals surface area contributed by atoms with E-state index in [9.17, 15) is 9.18 Å². The number of hydrogen-bond donors (Lipinski definition) is 1. The third-order valence-electron chi connectivity index (χ3n) is 2.70. The molecule has 2 rings (SSSR count). The van der Waals surface area contributed by atoms with Gasteiger partial charge in [0.25, 0.3) is 5.91 Å². The van der Waals surface area contributed by atoms with Crippen LogP contribution in [0.15, 0.2) is 34.8 Å². The Kier molecular flexibility index (Phi) is 4.68. The molecule has 20 heavy (non-hydrogen) atoms. The largest absolute Gasteiger partial charge is 0.319 e. The van der Waals surface area contributed by atoms with Gasteiger partial charge in [-0.1, -0.05) is 29.3 Å². The second-order valence-electron chi connectivity index (χ2n) is 4.14. The Morgan fingerprint density at radius 3 is 2.60 bits per heavy atom. The van der Waals surface area contributed by atoms with Gasteiger partial charge in [-0.05, 0) is 52.7 Å². The van der Waals surface area contributed by atoms with Crippen LogP contribution in [0.2, 0.25) is 10.0 Å². The monoisotopic (exact) mass is 375 g/mol. The molecule has 0 saturated heterocycles. The predicted molar refractivity (Wildman–Crippen MR) is 83.3 cm³/mol. The van der Waals surface area contributed by atoms with Gasteiger partial charge in [0, 0.05) is 5.56 Å². The number of amides is 1. The number of hydrogen-bond acceptors (Lipinski definition) is 1. The maximum absolute atomic E-state index is 13.4. The molecule has 104 valence electrons. The number of nitrogens with one attached hydrogen (secondary N) is 1. The summed E-state index contributed by atoms with van der Waals surface area (Å²) in [5.41, 5.74) is 1.29. The molecule has 2 aromatic rings. The van der Waals surface area contributed by atoms with Gasteiger partial charge in [-0.25, -0.2) is 4.39 Å². The van der Waals surface area contributed by atoms with E-state index < -0.39 is 11.7 Å². The molecular weight excluding hydrogens is 368 g/mol. The zero-order chi connectivity index (χ0) is 14.9. The minimum Gasteiger partial charge on any atom is -0.319 e. The Bertz CT molecular complexity index is 691. The van der Waals surface area contributed by atoms with E-state index in [0.717, 1.165) is 11.6 Å². The quantitative estimate of drug-likeness (QED) is 0.741. The molecule has 0 saturated carbocycles. The molecule has 1 N–H and O–H groups in total. The van der Waals surface area contributed by atoms with E-state index in [1.54, 1.807) is 19.1 Å². The summed E-state index contributed by atoms with van der Waals surface area (Å²) in [6, 6.07) is 7.49. The number of carbonyl (C=O) groups excluding carboxylic acids is 1. The van der Waals surface area contributed by atoms with Gasteiger partial charge in [0.1, 0.15) is 5.82 Å². The van der Waals surface area contributed by atoms with Crippen molar-refractivity contribution in [2.24, 2.45) is 0 Å². The van der Waals surface area contributed by atoms with Crippen molar-refractivity contribution in [2.45, 2.75) is 6.92 Å². The molecule has 0 bridgehead atoms. The van der Waals surface area contributed by atoms with Gasteiger partial charge in [0.2, 0.25) is 0 Å². The third kappa shape index (κ3) is 3.14. The molecule has 0 heterocycles. The molecule has 0 spiro atoms. The maximum Gasteiger partial charge on any atom is 0.255 e. The summed E-state index contributed by atoms with van der Waals surface area (Å²) in [4.78, 5) is 12.1. The lowest BCUT2D eigenvalue weighted by atomic mass is 10.2. The van der Waals surface area contributed by atoms with Crippen LogP contribution >= 0.6 is 39.1 Å². The van der Waals surface area contributed by atoms with Gasteiger partial charge in [-0.3, -0.25) is 4.79 Å². The van der Waals surface area contributed by atoms with Crippen molar-refractivity contribution >= 4 is 50.7 Å². The molecule has 0 radical (unpaired) electrons.